The Labute approximate surface area is 826 Å². The second kappa shape index (κ2) is 29.0. The van der Waals surface area contributed by atoms with Crippen molar-refractivity contribution in [3.63, 3.8) is 0 Å². The van der Waals surface area contributed by atoms with Gasteiger partial charge < -0.3 is 17.6 Å². The van der Waals surface area contributed by atoms with Crippen LogP contribution in [0.3, 0.4) is 0 Å². The predicted octanol–water partition coefficient (Wildman–Crippen LogP) is 40.5. The van der Waals surface area contributed by atoms with Gasteiger partial charge in [-0.2, -0.15) is 0 Å². The molecule has 36 rings (SSSR count). The number of thiophene rings is 8. The van der Waals surface area contributed by atoms with Crippen molar-refractivity contribution in [3.05, 3.63) is 413 Å². The van der Waals surface area contributed by atoms with Crippen molar-refractivity contribution in [2.24, 2.45) is 0 Å². The average molecular weight is 1920 g/mol. The van der Waals surface area contributed by atoms with Gasteiger partial charge in [-0.15, -0.1) is 90.7 Å². The summed E-state index contributed by atoms with van der Waals surface area (Å²) in [6, 6.07) is 144. The van der Waals surface area contributed by atoms with Crippen molar-refractivity contribution in [2.45, 2.75) is 0 Å². The van der Waals surface area contributed by atoms with Gasteiger partial charge in [-0.1, -0.05) is 255 Å². The fourth-order valence-corrected chi connectivity index (χ4v) is 33.3. The molecule has 0 aliphatic carbocycles. The van der Waals surface area contributed by atoms with Crippen LogP contribution in [0.5, 0.6) is 0 Å². The van der Waals surface area contributed by atoms with Crippen LogP contribution in [-0.4, -0.2) is 17.6 Å². The van der Waals surface area contributed by atoms with E-state index in [1.54, 1.807) is 0 Å². The lowest BCUT2D eigenvalue weighted by atomic mass is 9.99. The Morgan fingerprint density at radius 3 is 0.657 bits per heavy atom. The Hall–Kier alpha value is -15.7. The molecule has 140 heavy (non-hydrogen) atoms. The van der Waals surface area contributed by atoms with Gasteiger partial charge in [0.2, 0.25) is 0 Å². The molecule has 648 valence electrons. The molecule has 16 heterocycles. The standard InChI is InChI=1S/4C32H17NS2/c1-2-8-19-18(7-1)17-33-26-14-13-22-20-9-3-6-12-28(20)35-32(22)30(26)24-16-29-23(15-25(24)31(19)33)21-10-4-5-11-27(21)34-29;1-2-8-19-18(7-1)17-33-26-14-13-22-20-9-3-6-12-28(20)35-32(22)30(26)24-15-23-21-10-4-5-11-27(21)34-29(23)16-25(24)31(19)33;1-2-8-19-18(7-1)17-33-27-14-25-21-10-4-6-12-29(21)35-31(25)16-23(27)22-15-30-24(13-26(22)32(19)33)20-9-3-5-11-28(20)34-30;1-2-8-19-18(7-1)17-33-27-14-25-21-10-4-6-12-29(21)34-30(25)15-23(27)22-13-24-20-9-3-5-11-28(20)35-31(24)16-26(22)32(19)33/h4*1-17H. The van der Waals surface area contributed by atoms with Gasteiger partial charge in [0, 0.05) is 272 Å². The molecule has 0 saturated heterocycles. The summed E-state index contributed by atoms with van der Waals surface area (Å²) in [5.41, 5.74) is 10.3. The molecule has 4 nitrogen and oxygen atoms in total. The average Bonchev–Trinajstić information content (AvgIpc) is 1.60. The third-order valence-electron chi connectivity index (χ3n) is 30.2. The van der Waals surface area contributed by atoms with Gasteiger partial charge in [0.1, 0.15) is 0 Å². The van der Waals surface area contributed by atoms with Crippen LogP contribution in [0.25, 0.3) is 313 Å². The molecule has 12 heteroatoms. The molecule has 0 N–H and O–H groups in total. The van der Waals surface area contributed by atoms with E-state index >= 15 is 0 Å². The lowest BCUT2D eigenvalue weighted by Crippen LogP contribution is -1.90. The minimum Gasteiger partial charge on any atom is -0.315 e. The molecule has 36 aromatic rings. The number of aromatic nitrogens is 4. The molecular formula is C128H68N4S8. The third kappa shape index (κ3) is 10.9. The molecule has 0 aliphatic heterocycles. The molecule has 0 atom stereocenters. The fraction of sp³-hybridized carbons (Fsp3) is 0. The summed E-state index contributed by atoms with van der Waals surface area (Å²) in [6.07, 6.45) is 9.28. The van der Waals surface area contributed by atoms with Gasteiger partial charge in [-0.25, -0.2) is 0 Å². The highest BCUT2D eigenvalue weighted by molar-refractivity contribution is 7.29. The summed E-state index contributed by atoms with van der Waals surface area (Å²) in [4.78, 5) is 0. The van der Waals surface area contributed by atoms with Crippen LogP contribution in [0.2, 0.25) is 0 Å². The van der Waals surface area contributed by atoms with Crippen LogP contribution < -0.4 is 0 Å². The van der Waals surface area contributed by atoms with E-state index in [-0.39, 0.29) is 0 Å². The molecule has 0 unspecified atom stereocenters. The molecule has 0 bridgehead atoms. The van der Waals surface area contributed by atoms with Crippen molar-refractivity contribution >= 4 is 404 Å². The predicted molar refractivity (Wildman–Crippen MR) is 623 cm³/mol. The van der Waals surface area contributed by atoms with Gasteiger partial charge in [0.15, 0.2) is 0 Å². The molecular weight excluding hydrogens is 1850 g/mol. The zero-order chi connectivity index (χ0) is 90.7. The highest BCUT2D eigenvalue weighted by atomic mass is 32.1. The van der Waals surface area contributed by atoms with E-state index in [9.17, 15) is 0 Å². The molecule has 0 radical (unpaired) electrons. The summed E-state index contributed by atoms with van der Waals surface area (Å²) < 4.78 is 31.5. The third-order valence-corrected chi connectivity index (χ3v) is 39.4. The zero-order valence-corrected chi connectivity index (χ0v) is 80.8. The maximum absolute atomic E-state index is 2.47. The lowest BCUT2D eigenvalue weighted by Gasteiger charge is -2.11. The number of nitrogens with zero attached hydrogens (tertiary/aromatic N) is 4. The Balaban J connectivity index is 0.0000000829. The van der Waals surface area contributed by atoms with Crippen LogP contribution in [0, 0.1) is 0 Å². The minimum atomic E-state index is 1.28. The molecule has 0 fully saturated rings. The summed E-state index contributed by atoms with van der Waals surface area (Å²) in [5, 5.41) is 48.1. The Bertz CT molecular complexity index is 12000. The maximum Gasteiger partial charge on any atom is 0.0614 e. The van der Waals surface area contributed by atoms with Crippen LogP contribution in [0.1, 0.15) is 0 Å². The van der Waals surface area contributed by atoms with E-state index in [2.05, 4.69) is 431 Å². The van der Waals surface area contributed by atoms with Crippen LogP contribution in [-0.2, 0) is 0 Å². The van der Waals surface area contributed by atoms with Gasteiger partial charge in [0.05, 0.1) is 44.1 Å². The minimum absolute atomic E-state index is 1.28. The van der Waals surface area contributed by atoms with Crippen LogP contribution in [0.15, 0.2) is 413 Å². The molecule has 20 aromatic carbocycles. The van der Waals surface area contributed by atoms with E-state index < -0.39 is 0 Å². The number of hydrogen-bond acceptors (Lipinski definition) is 8. The van der Waals surface area contributed by atoms with E-state index in [0.29, 0.717) is 0 Å². The lowest BCUT2D eigenvalue weighted by molar-refractivity contribution is 1.30. The van der Waals surface area contributed by atoms with Crippen molar-refractivity contribution in [1.29, 1.82) is 0 Å². The molecule has 16 aromatic heterocycles. The Kier molecular flexibility index (Phi) is 16.0. The zero-order valence-electron chi connectivity index (χ0n) is 74.3. The van der Waals surface area contributed by atoms with E-state index in [4.69, 9.17) is 0 Å². The first kappa shape index (κ1) is 77.4. The van der Waals surface area contributed by atoms with Crippen LogP contribution >= 0.6 is 90.7 Å². The van der Waals surface area contributed by atoms with E-state index in [0.717, 1.165) is 0 Å². The van der Waals surface area contributed by atoms with Gasteiger partial charge in [0.25, 0.3) is 0 Å². The normalized spacial score (nSPS) is 12.6. The van der Waals surface area contributed by atoms with E-state index in [1.807, 2.05) is 90.7 Å². The first-order chi connectivity index (χ1) is 69.4. The van der Waals surface area contributed by atoms with Gasteiger partial charge in [-0.3, -0.25) is 0 Å². The SMILES string of the molecule is c1ccc2c(c1)cn1c3cc4c(cc3c3cc5c(cc3c21)sc1ccccc15)sc1ccccc14.c1ccc2c(c1)cn1c3cc4c(cc3c3cc5sc6ccccc6c5cc3c21)sc1ccccc14.c1ccc2c(c1)cn1c3ccc4c5ccccc5sc4c3c3cc4c(cc3c21)sc1ccccc14.c1ccc2c(c1)cn1c3ccc4c5ccccc5sc4c3c3cc4sc5ccccc5c4cc3c21. The number of pyridine rings is 4. The number of rotatable bonds is 0. The number of benzene rings is 20. The van der Waals surface area contributed by atoms with Crippen LogP contribution in [0.4, 0.5) is 0 Å². The largest absolute Gasteiger partial charge is 0.315 e. The summed E-state index contributed by atoms with van der Waals surface area (Å²) >= 11 is 15.2. The quantitative estimate of drug-likeness (QED) is 0.135. The van der Waals surface area contributed by atoms with Crippen molar-refractivity contribution in [2.75, 3.05) is 0 Å². The smallest absolute Gasteiger partial charge is 0.0614 e. The maximum atomic E-state index is 2.47. The summed E-state index contributed by atoms with van der Waals surface area (Å²) in [5.74, 6) is 0. The molecule has 0 aliphatic rings. The first-order valence-corrected chi connectivity index (χ1v) is 54.0. The van der Waals surface area contributed by atoms with Crippen molar-refractivity contribution in [3.8, 4) is 0 Å². The molecule has 0 saturated carbocycles. The molecule has 0 spiro atoms. The fourth-order valence-electron chi connectivity index (χ4n) is 24.1. The van der Waals surface area contributed by atoms with Crippen molar-refractivity contribution < 1.29 is 0 Å². The number of fused-ring (bicyclic) bond motifs is 58. The summed E-state index contributed by atoms with van der Waals surface area (Å²) in [7, 11) is 0. The van der Waals surface area contributed by atoms with Gasteiger partial charge >= 0.3 is 0 Å². The monoisotopic (exact) mass is 1920 g/mol. The van der Waals surface area contributed by atoms with Gasteiger partial charge in [-0.05, 0) is 155 Å². The Morgan fingerprint density at radius 2 is 0.329 bits per heavy atom. The Morgan fingerprint density at radius 1 is 0.121 bits per heavy atom. The second-order valence-corrected chi connectivity index (χ2v) is 46.1. The number of hydrogen-bond donors (Lipinski definition) is 0. The topological polar surface area (TPSA) is 17.6 Å². The van der Waals surface area contributed by atoms with Crippen molar-refractivity contribution in [1.82, 2.24) is 17.6 Å². The highest BCUT2D eigenvalue weighted by Crippen LogP contribution is 2.53. The highest BCUT2D eigenvalue weighted by Gasteiger charge is 2.26. The first-order valence-electron chi connectivity index (χ1n) is 47.4. The second-order valence-electron chi connectivity index (χ2n) is 37.5. The van der Waals surface area contributed by atoms with E-state index in [1.165, 1.54) is 313 Å². The summed E-state index contributed by atoms with van der Waals surface area (Å²) in [6.45, 7) is 0. The molecule has 0 amide bonds.